The van der Waals surface area contributed by atoms with E-state index in [1.807, 2.05) is 0 Å². The quantitative estimate of drug-likeness (QED) is 0.352. The minimum atomic E-state index is 0.488. The molecule has 0 saturated heterocycles. The minimum Gasteiger partial charge on any atom is -0.252 e. The van der Waals surface area contributed by atoms with Crippen molar-refractivity contribution in [2.75, 3.05) is 6.61 Å². The molecule has 0 heterocycles. The maximum atomic E-state index is 8.01. The summed E-state index contributed by atoms with van der Waals surface area (Å²) < 4.78 is 0. The van der Waals surface area contributed by atoms with Crippen LogP contribution in [0.25, 0.3) is 0 Å². The van der Waals surface area contributed by atoms with Crippen molar-refractivity contribution in [2.24, 2.45) is 5.92 Å². The summed E-state index contributed by atoms with van der Waals surface area (Å²) in [5.74, 6) is 0.823. The molecular formula is C9H20O2. The summed E-state index contributed by atoms with van der Waals surface area (Å²) in [7, 11) is 0. The van der Waals surface area contributed by atoms with E-state index < -0.39 is 0 Å². The first-order chi connectivity index (χ1) is 5.27. The first kappa shape index (κ1) is 10.9. The van der Waals surface area contributed by atoms with Gasteiger partial charge in [0.1, 0.15) is 0 Å². The van der Waals surface area contributed by atoms with E-state index in [0.717, 1.165) is 12.3 Å². The summed E-state index contributed by atoms with van der Waals surface area (Å²) in [6.45, 7) is 4.98. The molecule has 1 N–H and O–H groups in total. The van der Waals surface area contributed by atoms with E-state index in [4.69, 9.17) is 5.26 Å². The van der Waals surface area contributed by atoms with Crippen LogP contribution in [0.5, 0.6) is 0 Å². The molecule has 11 heavy (non-hydrogen) atoms. The Labute approximate surface area is 69.5 Å². The Morgan fingerprint density at radius 1 is 1.09 bits per heavy atom. The van der Waals surface area contributed by atoms with Gasteiger partial charge < -0.3 is 0 Å². The van der Waals surface area contributed by atoms with Gasteiger partial charge in [-0.3, -0.25) is 5.26 Å². The lowest BCUT2D eigenvalue weighted by atomic mass is 10.0. The predicted octanol–water partition coefficient (Wildman–Crippen LogP) is 3.08. The van der Waals surface area contributed by atoms with Crippen LogP contribution in [0.3, 0.4) is 0 Å². The van der Waals surface area contributed by atoms with Crippen molar-refractivity contribution in [1.82, 2.24) is 0 Å². The van der Waals surface area contributed by atoms with Crippen molar-refractivity contribution < 1.29 is 10.1 Å². The van der Waals surface area contributed by atoms with Gasteiger partial charge in [-0.25, -0.2) is 4.89 Å². The average molecular weight is 160 g/mol. The minimum absolute atomic E-state index is 0.488. The average Bonchev–Trinajstić information content (AvgIpc) is 1.96. The molecule has 0 aromatic rings. The van der Waals surface area contributed by atoms with E-state index in [1.54, 1.807) is 0 Å². The lowest BCUT2D eigenvalue weighted by Gasteiger charge is -2.02. The van der Waals surface area contributed by atoms with Gasteiger partial charge in [-0.05, 0) is 12.3 Å². The molecule has 0 aliphatic heterocycles. The molecule has 0 aliphatic rings. The smallest absolute Gasteiger partial charge is 0.0819 e. The molecule has 0 bridgehead atoms. The first-order valence-electron chi connectivity index (χ1n) is 4.53. The monoisotopic (exact) mass is 160 g/mol. The van der Waals surface area contributed by atoms with Gasteiger partial charge >= 0.3 is 0 Å². The van der Waals surface area contributed by atoms with Crippen LogP contribution < -0.4 is 0 Å². The van der Waals surface area contributed by atoms with Crippen molar-refractivity contribution >= 4 is 0 Å². The molecule has 0 saturated carbocycles. The van der Waals surface area contributed by atoms with Gasteiger partial charge in [-0.15, -0.1) is 0 Å². The van der Waals surface area contributed by atoms with Crippen molar-refractivity contribution in [3.8, 4) is 0 Å². The Morgan fingerprint density at radius 3 is 2.27 bits per heavy atom. The number of unbranched alkanes of at least 4 members (excludes halogenated alkanes) is 3. The van der Waals surface area contributed by atoms with Crippen LogP contribution in [0, 0.1) is 5.92 Å². The van der Waals surface area contributed by atoms with Crippen LogP contribution in [-0.4, -0.2) is 11.9 Å². The Hall–Kier alpha value is -0.0800. The van der Waals surface area contributed by atoms with Gasteiger partial charge in [-0.2, -0.15) is 0 Å². The second-order valence-electron chi connectivity index (χ2n) is 3.43. The van der Waals surface area contributed by atoms with Crippen molar-refractivity contribution in [1.29, 1.82) is 0 Å². The lowest BCUT2D eigenvalue weighted by Crippen LogP contribution is -1.90. The van der Waals surface area contributed by atoms with Crippen LogP contribution in [0.15, 0.2) is 0 Å². The predicted molar refractivity (Wildman–Crippen MR) is 46.5 cm³/mol. The summed E-state index contributed by atoms with van der Waals surface area (Å²) >= 11 is 0. The molecular weight excluding hydrogens is 140 g/mol. The van der Waals surface area contributed by atoms with Gasteiger partial charge in [0.25, 0.3) is 0 Å². The van der Waals surface area contributed by atoms with Gasteiger partial charge in [0.2, 0.25) is 0 Å². The second kappa shape index (κ2) is 8.02. The third-order valence-electron chi connectivity index (χ3n) is 1.77. The van der Waals surface area contributed by atoms with E-state index in [9.17, 15) is 0 Å². The van der Waals surface area contributed by atoms with Gasteiger partial charge in [0, 0.05) is 0 Å². The zero-order valence-electron chi connectivity index (χ0n) is 7.68. The van der Waals surface area contributed by atoms with E-state index in [2.05, 4.69) is 18.7 Å². The Kier molecular flexibility index (Phi) is 7.96. The molecule has 0 spiro atoms. The summed E-state index contributed by atoms with van der Waals surface area (Å²) in [4.78, 5) is 3.97. The topological polar surface area (TPSA) is 29.5 Å². The molecule has 0 aliphatic carbocycles. The van der Waals surface area contributed by atoms with Crippen LogP contribution in [0.1, 0.15) is 46.0 Å². The van der Waals surface area contributed by atoms with E-state index in [-0.39, 0.29) is 0 Å². The molecule has 0 radical (unpaired) electrons. The van der Waals surface area contributed by atoms with Gasteiger partial charge in [-0.1, -0.05) is 39.5 Å². The third-order valence-corrected chi connectivity index (χ3v) is 1.77. The van der Waals surface area contributed by atoms with Crippen LogP contribution in [0.2, 0.25) is 0 Å². The molecule has 2 heteroatoms. The fraction of sp³-hybridized carbons (Fsp3) is 1.00. The number of rotatable bonds is 7. The molecule has 0 rings (SSSR count). The Morgan fingerprint density at radius 2 is 1.73 bits per heavy atom. The molecule has 2 nitrogen and oxygen atoms in total. The zero-order valence-corrected chi connectivity index (χ0v) is 7.68. The summed E-state index contributed by atoms with van der Waals surface area (Å²) in [6, 6.07) is 0. The Balaban J connectivity index is 2.80. The standard InChI is InChI=1S/C9H20O2/c1-9(2)7-5-3-4-6-8-11-10/h9-10H,3-8H2,1-2H3. The summed E-state index contributed by atoms with van der Waals surface area (Å²) in [6.07, 6.45) is 6.05. The van der Waals surface area contributed by atoms with E-state index in [1.165, 1.54) is 25.7 Å². The van der Waals surface area contributed by atoms with Crippen molar-refractivity contribution in [3.05, 3.63) is 0 Å². The maximum absolute atomic E-state index is 8.01. The van der Waals surface area contributed by atoms with Crippen LogP contribution in [0.4, 0.5) is 0 Å². The highest BCUT2D eigenvalue weighted by atomic mass is 17.1. The Bertz CT molecular complexity index is 72.0. The SMILES string of the molecule is CC(C)CCCCCCOO. The highest BCUT2D eigenvalue weighted by Gasteiger charge is 1.93. The molecule has 0 amide bonds. The number of hydrogen-bond acceptors (Lipinski definition) is 2. The fourth-order valence-corrected chi connectivity index (χ4v) is 1.07. The van der Waals surface area contributed by atoms with Crippen LogP contribution in [-0.2, 0) is 4.89 Å². The second-order valence-corrected chi connectivity index (χ2v) is 3.43. The largest absolute Gasteiger partial charge is 0.252 e. The first-order valence-corrected chi connectivity index (χ1v) is 4.53. The summed E-state index contributed by atoms with van der Waals surface area (Å²) in [5.41, 5.74) is 0. The van der Waals surface area contributed by atoms with Gasteiger partial charge in [0.05, 0.1) is 6.61 Å². The van der Waals surface area contributed by atoms with E-state index >= 15 is 0 Å². The fourth-order valence-electron chi connectivity index (χ4n) is 1.07. The van der Waals surface area contributed by atoms with Crippen molar-refractivity contribution in [3.63, 3.8) is 0 Å². The molecule has 0 aromatic carbocycles. The normalized spacial score (nSPS) is 10.9. The highest BCUT2D eigenvalue weighted by Crippen LogP contribution is 2.08. The van der Waals surface area contributed by atoms with Crippen LogP contribution >= 0.6 is 0 Å². The molecule has 0 unspecified atom stereocenters. The molecule has 68 valence electrons. The number of hydrogen-bond donors (Lipinski definition) is 1. The third kappa shape index (κ3) is 9.92. The van der Waals surface area contributed by atoms with E-state index in [0.29, 0.717) is 6.61 Å². The zero-order chi connectivity index (χ0) is 8.53. The molecule has 0 fully saturated rings. The highest BCUT2D eigenvalue weighted by molar-refractivity contribution is 4.47. The summed E-state index contributed by atoms with van der Waals surface area (Å²) in [5, 5.41) is 8.01. The van der Waals surface area contributed by atoms with Gasteiger partial charge in [0.15, 0.2) is 0 Å². The molecule has 0 atom stereocenters. The lowest BCUT2D eigenvalue weighted by molar-refractivity contribution is -0.242. The maximum Gasteiger partial charge on any atom is 0.0819 e. The van der Waals surface area contributed by atoms with Crippen molar-refractivity contribution in [2.45, 2.75) is 46.0 Å². The molecule has 0 aromatic heterocycles.